The lowest BCUT2D eigenvalue weighted by Crippen LogP contribution is -2.18. The molecule has 0 amide bonds. The third-order valence-corrected chi connectivity index (χ3v) is 5.23. The Hall–Kier alpha value is -3.15. The molecule has 1 aromatic carbocycles. The Morgan fingerprint density at radius 1 is 0.963 bits per heavy atom. The number of nitrogens with zero attached hydrogens (tertiary/aromatic N) is 4. The summed E-state index contributed by atoms with van der Waals surface area (Å²) < 4.78 is 5.66. The summed E-state index contributed by atoms with van der Waals surface area (Å²) in [6, 6.07) is 9.69. The minimum absolute atomic E-state index is 0.185. The van der Waals surface area contributed by atoms with Crippen LogP contribution in [0.3, 0.4) is 0 Å². The van der Waals surface area contributed by atoms with Crippen molar-refractivity contribution in [2.75, 3.05) is 18.0 Å². The normalized spacial score (nSPS) is 14.5. The van der Waals surface area contributed by atoms with Crippen LogP contribution in [0.5, 0.6) is 5.75 Å². The Morgan fingerprint density at radius 2 is 1.70 bits per heavy atom. The zero-order valence-electron chi connectivity index (χ0n) is 15.4. The van der Waals surface area contributed by atoms with E-state index in [-0.39, 0.29) is 5.75 Å². The molecule has 136 valence electrons. The van der Waals surface area contributed by atoms with E-state index in [2.05, 4.69) is 9.88 Å². The van der Waals surface area contributed by atoms with E-state index in [0.29, 0.717) is 33.8 Å². The molecule has 0 atom stereocenters. The Bertz CT molecular complexity index is 1180. The predicted molar refractivity (Wildman–Crippen MR) is 105 cm³/mol. The van der Waals surface area contributed by atoms with Crippen molar-refractivity contribution in [1.29, 1.82) is 0 Å². The largest absolute Gasteiger partial charge is 0.507 e. The van der Waals surface area contributed by atoms with Gasteiger partial charge < -0.3 is 14.4 Å². The number of phenols is 1. The Morgan fingerprint density at radius 3 is 2.52 bits per heavy atom. The lowest BCUT2D eigenvalue weighted by Gasteiger charge is -2.16. The summed E-state index contributed by atoms with van der Waals surface area (Å²) in [5.41, 5.74) is 5.03. The Kier molecular flexibility index (Phi) is 3.53. The van der Waals surface area contributed by atoms with Gasteiger partial charge in [0.05, 0.1) is 16.7 Å². The molecule has 1 saturated heterocycles. The highest BCUT2D eigenvalue weighted by molar-refractivity contribution is 5.89. The first-order valence-electron chi connectivity index (χ1n) is 9.23. The molecular formula is C21H20N4O2. The first kappa shape index (κ1) is 16.1. The Labute approximate surface area is 156 Å². The summed E-state index contributed by atoms with van der Waals surface area (Å²) >= 11 is 0. The molecule has 0 radical (unpaired) electrons. The molecule has 0 bridgehead atoms. The highest BCUT2D eigenvalue weighted by Crippen LogP contribution is 2.37. The van der Waals surface area contributed by atoms with E-state index < -0.39 is 0 Å². The number of anilines is 1. The van der Waals surface area contributed by atoms with Crippen LogP contribution in [0.15, 0.2) is 34.7 Å². The first-order chi connectivity index (χ1) is 13.1. The van der Waals surface area contributed by atoms with Gasteiger partial charge >= 0.3 is 0 Å². The Balaban J connectivity index is 1.61. The number of fused-ring (bicyclic) bond motifs is 2. The fourth-order valence-corrected chi connectivity index (χ4v) is 3.79. The standard InChI is InChI=1S/C21H20N4O2/c1-12-20-18(27-13(2)22-20)11-14(21(12)26)15-5-6-17-16(23-15)7-8-19(24-17)25-9-3-4-10-25/h5-8,11,26H,3-4,9-10H2,1-2H3. The van der Waals surface area contributed by atoms with E-state index in [9.17, 15) is 5.11 Å². The van der Waals surface area contributed by atoms with Crippen molar-refractivity contribution >= 4 is 28.0 Å². The van der Waals surface area contributed by atoms with Crippen LogP contribution in [0, 0.1) is 13.8 Å². The number of hydrogen-bond acceptors (Lipinski definition) is 6. The topological polar surface area (TPSA) is 75.3 Å². The van der Waals surface area contributed by atoms with E-state index in [4.69, 9.17) is 14.4 Å². The third kappa shape index (κ3) is 2.60. The summed E-state index contributed by atoms with van der Waals surface area (Å²) in [7, 11) is 0. The molecule has 1 aliphatic heterocycles. The van der Waals surface area contributed by atoms with Crippen LogP contribution in [0.1, 0.15) is 24.3 Å². The second kappa shape index (κ2) is 5.94. The maximum absolute atomic E-state index is 10.7. The lowest BCUT2D eigenvalue weighted by molar-refractivity contribution is 0.473. The van der Waals surface area contributed by atoms with Crippen molar-refractivity contribution < 1.29 is 9.52 Å². The van der Waals surface area contributed by atoms with Crippen LogP contribution in [0.25, 0.3) is 33.4 Å². The summed E-state index contributed by atoms with van der Waals surface area (Å²) in [4.78, 5) is 16.1. The zero-order valence-corrected chi connectivity index (χ0v) is 15.4. The number of hydrogen-bond donors (Lipinski definition) is 1. The van der Waals surface area contributed by atoms with E-state index in [1.807, 2.05) is 31.2 Å². The molecule has 1 fully saturated rings. The van der Waals surface area contributed by atoms with Crippen molar-refractivity contribution in [2.45, 2.75) is 26.7 Å². The van der Waals surface area contributed by atoms with Crippen molar-refractivity contribution in [3.63, 3.8) is 0 Å². The number of oxazole rings is 1. The van der Waals surface area contributed by atoms with Gasteiger partial charge in [0.2, 0.25) is 0 Å². The molecule has 0 spiro atoms. The van der Waals surface area contributed by atoms with Gasteiger partial charge in [0, 0.05) is 31.1 Å². The van der Waals surface area contributed by atoms with Crippen LogP contribution in [-0.2, 0) is 0 Å². The SMILES string of the molecule is Cc1nc2c(C)c(O)c(-c3ccc4nc(N5CCCC5)ccc4n3)cc2o1. The van der Waals surface area contributed by atoms with E-state index in [1.54, 1.807) is 13.0 Å². The molecule has 5 rings (SSSR count). The average Bonchev–Trinajstić information content (AvgIpc) is 3.33. The van der Waals surface area contributed by atoms with Gasteiger partial charge in [-0.05, 0) is 50.1 Å². The van der Waals surface area contributed by atoms with Crippen molar-refractivity contribution in [2.24, 2.45) is 0 Å². The third-order valence-electron chi connectivity index (χ3n) is 5.23. The van der Waals surface area contributed by atoms with E-state index in [1.165, 1.54) is 12.8 Å². The van der Waals surface area contributed by atoms with Crippen LogP contribution >= 0.6 is 0 Å². The van der Waals surface area contributed by atoms with Crippen LogP contribution < -0.4 is 4.90 Å². The predicted octanol–water partition coefficient (Wildman–Crippen LogP) is 4.36. The molecule has 4 heterocycles. The molecule has 0 aliphatic carbocycles. The second-order valence-electron chi connectivity index (χ2n) is 7.08. The number of rotatable bonds is 2. The maximum Gasteiger partial charge on any atom is 0.192 e. The number of aryl methyl sites for hydroxylation is 2. The van der Waals surface area contributed by atoms with E-state index >= 15 is 0 Å². The minimum atomic E-state index is 0.185. The molecule has 6 heteroatoms. The van der Waals surface area contributed by atoms with Gasteiger partial charge in [-0.15, -0.1) is 0 Å². The maximum atomic E-state index is 10.7. The molecule has 3 aromatic heterocycles. The number of aromatic nitrogens is 3. The summed E-state index contributed by atoms with van der Waals surface area (Å²) in [5.74, 6) is 1.77. The van der Waals surface area contributed by atoms with Gasteiger partial charge in [-0.3, -0.25) is 0 Å². The van der Waals surface area contributed by atoms with Crippen LogP contribution in [-0.4, -0.2) is 33.1 Å². The fraction of sp³-hybridized carbons (Fsp3) is 0.286. The number of aromatic hydroxyl groups is 1. The average molecular weight is 360 g/mol. The smallest absolute Gasteiger partial charge is 0.192 e. The highest BCUT2D eigenvalue weighted by atomic mass is 16.3. The van der Waals surface area contributed by atoms with E-state index in [0.717, 1.165) is 29.9 Å². The number of benzene rings is 1. The molecule has 4 aromatic rings. The first-order valence-corrected chi connectivity index (χ1v) is 9.23. The van der Waals surface area contributed by atoms with Crippen molar-refractivity contribution in [3.05, 3.63) is 41.8 Å². The minimum Gasteiger partial charge on any atom is -0.507 e. The van der Waals surface area contributed by atoms with Gasteiger partial charge in [0.1, 0.15) is 17.1 Å². The summed E-state index contributed by atoms with van der Waals surface area (Å²) in [5, 5.41) is 10.7. The van der Waals surface area contributed by atoms with Gasteiger partial charge in [-0.25, -0.2) is 15.0 Å². The van der Waals surface area contributed by atoms with Crippen molar-refractivity contribution in [3.8, 4) is 17.0 Å². The zero-order chi connectivity index (χ0) is 18.5. The molecule has 27 heavy (non-hydrogen) atoms. The van der Waals surface area contributed by atoms with Gasteiger partial charge in [0.15, 0.2) is 11.5 Å². The number of pyridine rings is 2. The molecule has 0 unspecified atom stereocenters. The van der Waals surface area contributed by atoms with Crippen molar-refractivity contribution in [1.82, 2.24) is 15.0 Å². The van der Waals surface area contributed by atoms with Gasteiger partial charge in [0.25, 0.3) is 0 Å². The summed E-state index contributed by atoms with van der Waals surface area (Å²) in [6.07, 6.45) is 2.44. The second-order valence-corrected chi connectivity index (χ2v) is 7.08. The summed E-state index contributed by atoms with van der Waals surface area (Å²) in [6.45, 7) is 5.77. The molecule has 1 N–H and O–H groups in total. The highest BCUT2D eigenvalue weighted by Gasteiger charge is 2.17. The monoisotopic (exact) mass is 360 g/mol. The molecule has 0 saturated carbocycles. The molecule has 1 aliphatic rings. The van der Waals surface area contributed by atoms with Gasteiger partial charge in [-0.1, -0.05) is 0 Å². The van der Waals surface area contributed by atoms with Crippen LogP contribution in [0.2, 0.25) is 0 Å². The lowest BCUT2D eigenvalue weighted by atomic mass is 10.0. The number of phenolic OH excluding ortho intramolecular Hbond substituents is 1. The van der Waals surface area contributed by atoms with Gasteiger partial charge in [-0.2, -0.15) is 0 Å². The quantitative estimate of drug-likeness (QED) is 0.572. The van der Waals surface area contributed by atoms with Crippen LogP contribution in [0.4, 0.5) is 5.82 Å². The molecule has 6 nitrogen and oxygen atoms in total. The molecular weight excluding hydrogens is 340 g/mol. The fourth-order valence-electron chi connectivity index (χ4n) is 3.79.